The van der Waals surface area contributed by atoms with Crippen molar-refractivity contribution in [2.45, 2.75) is 13.8 Å². The van der Waals surface area contributed by atoms with Crippen molar-refractivity contribution < 1.29 is 13.9 Å². The van der Waals surface area contributed by atoms with Gasteiger partial charge in [-0.3, -0.25) is 4.79 Å². The number of benzene rings is 1. The number of nitrogens with one attached hydrogen (secondary N) is 1. The maximum atomic E-state index is 11.8. The Hall–Kier alpha value is -2.30. The second-order valence-corrected chi connectivity index (χ2v) is 4.46. The van der Waals surface area contributed by atoms with Gasteiger partial charge in [-0.1, -0.05) is 13.8 Å². The van der Waals surface area contributed by atoms with Gasteiger partial charge < -0.3 is 14.5 Å². The van der Waals surface area contributed by atoms with Crippen molar-refractivity contribution in [3.05, 3.63) is 34.7 Å². The van der Waals surface area contributed by atoms with Crippen molar-refractivity contribution in [3.8, 4) is 5.75 Å². The summed E-state index contributed by atoms with van der Waals surface area (Å²) in [5, 5.41) is 3.46. The van der Waals surface area contributed by atoms with E-state index in [1.165, 1.54) is 13.2 Å². The average Bonchev–Trinajstić information content (AvgIpc) is 2.39. The zero-order chi connectivity index (χ0) is 14.0. The molecule has 0 spiro atoms. The van der Waals surface area contributed by atoms with E-state index in [1.807, 2.05) is 0 Å². The summed E-state index contributed by atoms with van der Waals surface area (Å²) < 4.78 is 10.4. The molecule has 0 unspecified atom stereocenters. The molecule has 2 rings (SSSR count). The highest BCUT2D eigenvalue weighted by Crippen LogP contribution is 2.32. The minimum Gasteiger partial charge on any atom is -0.494 e. The fourth-order valence-electron chi connectivity index (χ4n) is 1.67. The zero-order valence-electron chi connectivity index (χ0n) is 11.0. The number of rotatable bonds is 3. The molecule has 0 fully saturated rings. The third kappa shape index (κ3) is 2.59. The molecule has 0 atom stereocenters. The summed E-state index contributed by atoms with van der Waals surface area (Å²) in [6.07, 6.45) is 0. The molecule has 0 aliphatic rings. The molecular weight excluding hydrogens is 246 g/mol. The second kappa shape index (κ2) is 5.14. The molecule has 19 heavy (non-hydrogen) atoms. The molecule has 1 aromatic heterocycles. The molecule has 1 N–H and O–H groups in total. The number of fused-ring (bicyclic) bond motifs is 1. The van der Waals surface area contributed by atoms with Crippen LogP contribution in [0.5, 0.6) is 5.75 Å². The van der Waals surface area contributed by atoms with Gasteiger partial charge in [0, 0.05) is 17.4 Å². The Labute approximate surface area is 110 Å². The molecule has 2 aromatic rings. The molecule has 5 heteroatoms. The van der Waals surface area contributed by atoms with Gasteiger partial charge in [0.05, 0.1) is 7.11 Å². The Morgan fingerprint density at radius 2 is 1.95 bits per heavy atom. The largest absolute Gasteiger partial charge is 0.494 e. The minimum absolute atomic E-state index is 0.169. The lowest BCUT2D eigenvalue weighted by Gasteiger charge is -2.13. The number of hydrogen-bond donors (Lipinski definition) is 1. The average molecular weight is 261 g/mol. The fraction of sp³-hybridized carbons (Fsp3) is 0.286. The Morgan fingerprint density at radius 1 is 1.26 bits per heavy atom. The Morgan fingerprint density at radius 3 is 2.58 bits per heavy atom. The van der Waals surface area contributed by atoms with Crippen molar-refractivity contribution in [3.63, 3.8) is 0 Å². The summed E-state index contributed by atoms with van der Waals surface area (Å²) >= 11 is 0. The molecule has 1 aromatic carbocycles. The van der Waals surface area contributed by atoms with Gasteiger partial charge >= 0.3 is 5.63 Å². The lowest BCUT2D eigenvalue weighted by Crippen LogP contribution is -2.18. The van der Waals surface area contributed by atoms with E-state index in [-0.39, 0.29) is 11.8 Å². The highest BCUT2D eigenvalue weighted by molar-refractivity contribution is 6.02. The number of carbonyl (C=O) groups is 1. The number of anilines is 1. The predicted molar refractivity (Wildman–Crippen MR) is 72.5 cm³/mol. The number of ether oxygens (including phenoxy) is 1. The number of hydrogen-bond acceptors (Lipinski definition) is 4. The maximum Gasteiger partial charge on any atom is 0.336 e. The molecule has 5 nitrogen and oxygen atoms in total. The zero-order valence-corrected chi connectivity index (χ0v) is 11.0. The summed E-state index contributed by atoms with van der Waals surface area (Å²) in [7, 11) is 1.49. The van der Waals surface area contributed by atoms with Crippen LogP contribution in [0.15, 0.2) is 33.5 Å². The van der Waals surface area contributed by atoms with Gasteiger partial charge in [0.1, 0.15) is 11.4 Å². The van der Waals surface area contributed by atoms with Crippen LogP contribution in [0.1, 0.15) is 13.8 Å². The highest BCUT2D eigenvalue weighted by atomic mass is 16.5. The minimum atomic E-state index is -0.471. The Balaban J connectivity index is 2.63. The van der Waals surface area contributed by atoms with Crippen molar-refractivity contribution in [2.24, 2.45) is 5.92 Å². The highest BCUT2D eigenvalue weighted by Gasteiger charge is 2.15. The van der Waals surface area contributed by atoms with Gasteiger partial charge in [0.2, 0.25) is 5.91 Å². The van der Waals surface area contributed by atoms with Crippen LogP contribution in [0.2, 0.25) is 0 Å². The Bertz CT molecular complexity index is 673. The second-order valence-electron chi connectivity index (χ2n) is 4.46. The van der Waals surface area contributed by atoms with Crippen LogP contribution in [0.4, 0.5) is 5.69 Å². The monoisotopic (exact) mass is 261 g/mol. The molecule has 0 saturated carbocycles. The van der Waals surface area contributed by atoms with Crippen molar-refractivity contribution >= 4 is 22.6 Å². The van der Waals surface area contributed by atoms with Gasteiger partial charge in [0.15, 0.2) is 5.58 Å². The lowest BCUT2D eigenvalue weighted by atomic mass is 10.1. The topological polar surface area (TPSA) is 68.5 Å². The smallest absolute Gasteiger partial charge is 0.336 e. The van der Waals surface area contributed by atoms with Gasteiger partial charge in [0.25, 0.3) is 0 Å². The molecule has 100 valence electrons. The Kier molecular flexibility index (Phi) is 3.55. The number of methoxy groups -OCH3 is 1. The third-order valence-electron chi connectivity index (χ3n) is 2.74. The van der Waals surface area contributed by atoms with Crippen LogP contribution in [0.3, 0.4) is 0 Å². The van der Waals surface area contributed by atoms with E-state index in [1.54, 1.807) is 32.0 Å². The van der Waals surface area contributed by atoms with Gasteiger partial charge in [-0.15, -0.1) is 0 Å². The van der Waals surface area contributed by atoms with Crippen LogP contribution in [-0.2, 0) is 4.79 Å². The summed E-state index contributed by atoms with van der Waals surface area (Å²) in [5.41, 5.74) is 0.234. The summed E-state index contributed by atoms with van der Waals surface area (Å²) in [4.78, 5) is 23.2. The maximum absolute atomic E-state index is 11.8. The summed E-state index contributed by atoms with van der Waals surface area (Å²) in [6.45, 7) is 3.56. The van der Waals surface area contributed by atoms with Crippen molar-refractivity contribution in [2.75, 3.05) is 12.4 Å². The van der Waals surface area contributed by atoms with E-state index < -0.39 is 5.63 Å². The molecule has 1 heterocycles. The van der Waals surface area contributed by atoms with E-state index in [9.17, 15) is 9.59 Å². The first kappa shape index (κ1) is 13.1. The first-order valence-electron chi connectivity index (χ1n) is 5.94. The van der Waals surface area contributed by atoms with Gasteiger partial charge in [-0.05, 0) is 18.2 Å². The van der Waals surface area contributed by atoms with Crippen LogP contribution >= 0.6 is 0 Å². The normalized spacial score (nSPS) is 10.7. The molecule has 0 aliphatic heterocycles. The molecule has 1 amide bonds. The van der Waals surface area contributed by atoms with Crippen LogP contribution in [-0.4, -0.2) is 13.0 Å². The van der Waals surface area contributed by atoms with Crippen LogP contribution < -0.4 is 15.7 Å². The van der Waals surface area contributed by atoms with Gasteiger partial charge in [-0.2, -0.15) is 0 Å². The lowest BCUT2D eigenvalue weighted by molar-refractivity contribution is -0.118. The van der Waals surface area contributed by atoms with Crippen molar-refractivity contribution in [1.82, 2.24) is 0 Å². The quantitative estimate of drug-likeness (QED) is 0.861. The first-order chi connectivity index (χ1) is 9.02. The first-order valence-corrected chi connectivity index (χ1v) is 5.94. The molecule has 0 radical (unpaired) electrons. The van der Waals surface area contributed by atoms with E-state index in [2.05, 4.69) is 5.32 Å². The fourth-order valence-corrected chi connectivity index (χ4v) is 1.67. The third-order valence-corrected chi connectivity index (χ3v) is 2.74. The summed E-state index contributed by atoms with van der Waals surface area (Å²) in [6, 6.07) is 6.47. The van der Waals surface area contributed by atoms with Crippen molar-refractivity contribution in [1.29, 1.82) is 0 Å². The molecular formula is C14H15NO4. The van der Waals surface area contributed by atoms with Gasteiger partial charge in [-0.25, -0.2) is 4.79 Å². The molecule has 0 aliphatic carbocycles. The van der Waals surface area contributed by atoms with E-state index in [0.29, 0.717) is 17.0 Å². The van der Waals surface area contributed by atoms with E-state index in [4.69, 9.17) is 9.15 Å². The molecule has 0 saturated heterocycles. The van der Waals surface area contributed by atoms with Crippen LogP contribution in [0.25, 0.3) is 11.0 Å². The molecule has 0 bridgehead atoms. The van der Waals surface area contributed by atoms with Crippen LogP contribution in [0, 0.1) is 5.92 Å². The SMILES string of the molecule is COc1ccc2ccc(=O)oc2c1NC(=O)C(C)C. The van der Waals surface area contributed by atoms with E-state index >= 15 is 0 Å². The predicted octanol–water partition coefficient (Wildman–Crippen LogP) is 2.40. The number of carbonyl (C=O) groups excluding carboxylic acids is 1. The number of amides is 1. The van der Waals surface area contributed by atoms with E-state index in [0.717, 1.165) is 5.39 Å². The standard InChI is InChI=1S/C14H15NO4/c1-8(2)14(17)15-12-10(18-3)6-4-9-5-7-11(16)19-13(9)12/h4-8H,1-3H3,(H,15,17). The summed E-state index contributed by atoms with van der Waals surface area (Å²) in [5.74, 6) is 0.101.